The van der Waals surface area contributed by atoms with Crippen molar-refractivity contribution >= 4 is 17.4 Å². The molecule has 0 aliphatic carbocycles. The zero-order chi connectivity index (χ0) is 18.4. The van der Waals surface area contributed by atoms with Gasteiger partial charge >= 0.3 is 0 Å². The molecule has 6 nitrogen and oxygen atoms in total. The van der Waals surface area contributed by atoms with Gasteiger partial charge in [-0.05, 0) is 43.3 Å². The van der Waals surface area contributed by atoms with Crippen LogP contribution in [0.2, 0.25) is 0 Å². The van der Waals surface area contributed by atoms with Crippen LogP contribution < -0.4 is 15.0 Å². The molecule has 6 heteroatoms. The smallest absolute Gasteiger partial charge is 0.262 e. The van der Waals surface area contributed by atoms with Crippen molar-refractivity contribution in [3.8, 4) is 5.75 Å². The van der Waals surface area contributed by atoms with E-state index < -0.39 is 0 Å². The van der Waals surface area contributed by atoms with Gasteiger partial charge in [-0.15, -0.1) is 0 Å². The molecule has 0 spiro atoms. The van der Waals surface area contributed by atoms with Gasteiger partial charge in [-0.25, -0.2) is 4.98 Å². The molecule has 0 unspecified atom stereocenters. The number of nitrogens with zero attached hydrogens (tertiary/aromatic N) is 3. The van der Waals surface area contributed by atoms with E-state index in [2.05, 4.69) is 34.1 Å². The van der Waals surface area contributed by atoms with Crippen molar-refractivity contribution in [2.24, 2.45) is 0 Å². The number of piperazine rings is 1. The highest BCUT2D eigenvalue weighted by molar-refractivity contribution is 5.91. The van der Waals surface area contributed by atoms with Crippen LogP contribution in [0.25, 0.3) is 0 Å². The van der Waals surface area contributed by atoms with Crippen LogP contribution in [0.4, 0.5) is 11.5 Å². The van der Waals surface area contributed by atoms with Crippen molar-refractivity contribution in [2.45, 2.75) is 13.3 Å². The van der Waals surface area contributed by atoms with Gasteiger partial charge in [0.2, 0.25) is 0 Å². The summed E-state index contributed by atoms with van der Waals surface area (Å²) in [5.41, 5.74) is 1.87. The summed E-state index contributed by atoms with van der Waals surface area (Å²) < 4.78 is 5.57. The molecule has 1 aliphatic heterocycles. The Morgan fingerprint density at radius 3 is 2.69 bits per heavy atom. The van der Waals surface area contributed by atoms with E-state index in [9.17, 15) is 4.79 Å². The molecular formula is C20H26N4O2. The standard InChI is InChI=1S/C20H26N4O2/c1-3-16-5-4-6-18(13-16)26-15-20(25)22-17-7-8-19(21-14-17)24-11-9-23(2)10-12-24/h4-8,13-14H,3,9-12,15H2,1-2H3,(H,22,25). The largest absolute Gasteiger partial charge is 0.484 e. The van der Waals surface area contributed by atoms with Crippen LogP contribution in [-0.2, 0) is 11.2 Å². The van der Waals surface area contributed by atoms with Crippen LogP contribution in [0.3, 0.4) is 0 Å². The molecule has 1 N–H and O–H groups in total. The van der Waals surface area contributed by atoms with Crippen LogP contribution in [0, 0.1) is 0 Å². The Labute approximate surface area is 154 Å². The van der Waals surface area contributed by atoms with Gasteiger partial charge in [-0.2, -0.15) is 0 Å². The number of aromatic nitrogens is 1. The molecule has 0 saturated carbocycles. The van der Waals surface area contributed by atoms with Crippen molar-refractivity contribution in [1.82, 2.24) is 9.88 Å². The molecule has 0 atom stereocenters. The van der Waals surface area contributed by atoms with Gasteiger partial charge in [0.1, 0.15) is 11.6 Å². The summed E-state index contributed by atoms with van der Waals surface area (Å²) in [7, 11) is 2.13. The van der Waals surface area contributed by atoms with Gasteiger partial charge in [0.15, 0.2) is 6.61 Å². The second kappa shape index (κ2) is 8.67. The number of hydrogen-bond donors (Lipinski definition) is 1. The minimum absolute atomic E-state index is 0.0205. The van der Waals surface area contributed by atoms with Crippen LogP contribution in [0.5, 0.6) is 5.75 Å². The van der Waals surface area contributed by atoms with E-state index in [4.69, 9.17) is 4.74 Å². The number of hydrogen-bond acceptors (Lipinski definition) is 5. The average Bonchev–Trinajstić information content (AvgIpc) is 2.68. The van der Waals surface area contributed by atoms with E-state index in [0.717, 1.165) is 38.4 Å². The molecule has 1 aromatic heterocycles. The topological polar surface area (TPSA) is 57.7 Å². The third-order valence-corrected chi connectivity index (χ3v) is 4.54. The minimum atomic E-state index is -0.193. The Morgan fingerprint density at radius 2 is 2.00 bits per heavy atom. The lowest BCUT2D eigenvalue weighted by molar-refractivity contribution is -0.118. The molecule has 138 valence electrons. The van der Waals surface area contributed by atoms with E-state index >= 15 is 0 Å². The van der Waals surface area contributed by atoms with E-state index in [0.29, 0.717) is 11.4 Å². The van der Waals surface area contributed by atoms with Gasteiger partial charge in [0.05, 0.1) is 11.9 Å². The monoisotopic (exact) mass is 354 g/mol. The zero-order valence-corrected chi connectivity index (χ0v) is 15.4. The number of carbonyl (C=O) groups excluding carboxylic acids is 1. The fourth-order valence-corrected chi connectivity index (χ4v) is 2.88. The van der Waals surface area contributed by atoms with E-state index in [1.54, 1.807) is 6.20 Å². The molecule has 0 bridgehead atoms. The Morgan fingerprint density at radius 1 is 1.19 bits per heavy atom. The zero-order valence-electron chi connectivity index (χ0n) is 15.4. The van der Waals surface area contributed by atoms with Crippen LogP contribution in [-0.4, -0.2) is 55.6 Å². The highest BCUT2D eigenvalue weighted by Gasteiger charge is 2.15. The number of benzene rings is 1. The normalized spacial score (nSPS) is 14.9. The number of likely N-dealkylation sites (N-methyl/N-ethyl adjacent to an activating group) is 1. The maximum atomic E-state index is 12.1. The molecule has 2 aromatic rings. The van der Waals surface area contributed by atoms with E-state index in [1.807, 2.05) is 36.4 Å². The number of amides is 1. The summed E-state index contributed by atoms with van der Waals surface area (Å²) in [6, 6.07) is 11.6. The first-order valence-corrected chi connectivity index (χ1v) is 9.05. The van der Waals surface area contributed by atoms with Crippen LogP contribution in [0.15, 0.2) is 42.6 Å². The predicted molar refractivity (Wildman–Crippen MR) is 104 cm³/mol. The highest BCUT2D eigenvalue weighted by atomic mass is 16.5. The number of carbonyl (C=O) groups is 1. The van der Waals surface area contributed by atoms with Gasteiger partial charge in [0.25, 0.3) is 5.91 Å². The third kappa shape index (κ3) is 4.95. The summed E-state index contributed by atoms with van der Waals surface area (Å²) in [6.45, 7) is 6.09. The summed E-state index contributed by atoms with van der Waals surface area (Å²) in [5.74, 6) is 1.47. The molecule has 2 heterocycles. The molecule has 1 aliphatic rings. The van der Waals surface area contributed by atoms with Crippen LogP contribution >= 0.6 is 0 Å². The summed E-state index contributed by atoms with van der Waals surface area (Å²) in [6.07, 6.45) is 2.64. The molecule has 1 saturated heterocycles. The van der Waals surface area contributed by atoms with Crippen molar-refractivity contribution in [3.05, 3.63) is 48.2 Å². The van der Waals surface area contributed by atoms with Gasteiger partial charge in [0, 0.05) is 26.2 Å². The second-order valence-corrected chi connectivity index (χ2v) is 6.53. The first kappa shape index (κ1) is 18.2. The van der Waals surface area contributed by atoms with Crippen molar-refractivity contribution in [3.63, 3.8) is 0 Å². The summed E-state index contributed by atoms with van der Waals surface area (Å²) in [4.78, 5) is 21.1. The predicted octanol–water partition coefficient (Wildman–Crippen LogP) is 2.41. The number of rotatable bonds is 6. The summed E-state index contributed by atoms with van der Waals surface area (Å²) >= 11 is 0. The third-order valence-electron chi connectivity index (χ3n) is 4.54. The lowest BCUT2D eigenvalue weighted by atomic mass is 10.2. The fraction of sp³-hybridized carbons (Fsp3) is 0.400. The Balaban J connectivity index is 1.49. The molecule has 1 amide bonds. The second-order valence-electron chi connectivity index (χ2n) is 6.53. The van der Waals surface area contributed by atoms with Gasteiger partial charge in [-0.1, -0.05) is 19.1 Å². The van der Waals surface area contributed by atoms with E-state index in [-0.39, 0.29) is 12.5 Å². The number of anilines is 2. The number of pyridine rings is 1. The Hall–Kier alpha value is -2.60. The molecule has 0 radical (unpaired) electrons. The maximum Gasteiger partial charge on any atom is 0.262 e. The fourth-order valence-electron chi connectivity index (χ4n) is 2.88. The number of aryl methyl sites for hydroxylation is 1. The van der Waals surface area contributed by atoms with Crippen molar-refractivity contribution in [1.29, 1.82) is 0 Å². The average molecular weight is 354 g/mol. The molecule has 26 heavy (non-hydrogen) atoms. The maximum absolute atomic E-state index is 12.1. The SMILES string of the molecule is CCc1cccc(OCC(=O)Nc2ccc(N3CCN(C)CC3)nc2)c1. The van der Waals surface area contributed by atoms with Crippen LogP contribution in [0.1, 0.15) is 12.5 Å². The first-order chi connectivity index (χ1) is 12.6. The van der Waals surface area contributed by atoms with Gasteiger partial charge in [-0.3, -0.25) is 4.79 Å². The first-order valence-electron chi connectivity index (χ1n) is 9.05. The number of ether oxygens (including phenoxy) is 1. The quantitative estimate of drug-likeness (QED) is 0.863. The molecule has 1 aromatic carbocycles. The van der Waals surface area contributed by atoms with Gasteiger partial charge < -0.3 is 19.9 Å². The lowest BCUT2D eigenvalue weighted by Gasteiger charge is -2.33. The minimum Gasteiger partial charge on any atom is -0.484 e. The summed E-state index contributed by atoms with van der Waals surface area (Å²) in [5, 5.41) is 2.82. The van der Waals surface area contributed by atoms with Crippen molar-refractivity contribution in [2.75, 3.05) is 50.1 Å². The molecular weight excluding hydrogens is 328 g/mol. The Bertz CT molecular complexity index is 725. The number of nitrogens with one attached hydrogen (secondary N) is 1. The molecule has 1 fully saturated rings. The van der Waals surface area contributed by atoms with Crippen molar-refractivity contribution < 1.29 is 9.53 Å². The Kier molecular flexibility index (Phi) is 6.07. The highest BCUT2D eigenvalue weighted by Crippen LogP contribution is 2.16. The molecule has 3 rings (SSSR count). The lowest BCUT2D eigenvalue weighted by Crippen LogP contribution is -2.44. The van der Waals surface area contributed by atoms with E-state index in [1.165, 1.54) is 5.56 Å².